The summed E-state index contributed by atoms with van der Waals surface area (Å²) in [5, 5.41) is 9.40. The molecule has 2 nitrogen and oxygen atoms in total. The van der Waals surface area contributed by atoms with E-state index < -0.39 is 6.29 Å². The Hall–Kier alpha value is 0.620. The molecule has 3 atom stereocenters. The van der Waals surface area contributed by atoms with E-state index in [1.807, 2.05) is 21.6 Å². The molecule has 1 N–H and O–H groups in total. The van der Waals surface area contributed by atoms with Crippen LogP contribution in [0.3, 0.4) is 0 Å². The molecule has 0 bridgehead atoms. The molecule has 0 saturated carbocycles. The fraction of sp³-hybridized carbons (Fsp3) is 1.00. The Bertz CT molecular complexity index is 114. The Morgan fingerprint density at radius 1 is 1.56 bits per heavy atom. The summed E-state index contributed by atoms with van der Waals surface area (Å²) in [6, 6.07) is 0. The van der Waals surface area contributed by atoms with E-state index in [-0.39, 0.29) is 6.10 Å². The van der Waals surface area contributed by atoms with Crippen molar-refractivity contribution in [1.29, 1.82) is 0 Å². The number of rotatable bonds is 1. The Morgan fingerprint density at radius 2 is 2.33 bits per heavy atom. The zero-order chi connectivity index (χ0) is 6.27. The summed E-state index contributed by atoms with van der Waals surface area (Å²) in [5.41, 5.74) is 0. The van der Waals surface area contributed by atoms with Crippen molar-refractivity contribution in [3.63, 3.8) is 0 Å². The first-order chi connectivity index (χ1) is 4.38. The second kappa shape index (κ2) is 2.34. The van der Waals surface area contributed by atoms with Gasteiger partial charge in [-0.2, -0.15) is 0 Å². The molecular weight excluding hydrogens is 156 g/mol. The lowest BCUT2D eigenvalue weighted by Gasteiger charge is -1.98. The molecule has 2 heterocycles. The minimum atomic E-state index is -0.443. The van der Waals surface area contributed by atoms with E-state index in [2.05, 4.69) is 0 Å². The highest BCUT2D eigenvalue weighted by Crippen LogP contribution is 2.44. The summed E-state index contributed by atoms with van der Waals surface area (Å²) in [4.78, 5) is 0. The third-order valence-corrected chi connectivity index (χ3v) is 4.48. The van der Waals surface area contributed by atoms with E-state index in [9.17, 15) is 0 Å². The van der Waals surface area contributed by atoms with Gasteiger partial charge < -0.3 is 9.84 Å². The molecular formula is C5H8O2S2. The summed E-state index contributed by atoms with van der Waals surface area (Å²) in [6.45, 7) is 0. The van der Waals surface area contributed by atoms with Crippen LogP contribution >= 0.6 is 21.6 Å². The minimum absolute atomic E-state index is 0.157. The van der Waals surface area contributed by atoms with Crippen molar-refractivity contribution in [2.75, 3.05) is 5.75 Å². The largest absolute Gasteiger partial charge is 0.366 e. The van der Waals surface area contributed by atoms with E-state index in [1.165, 1.54) is 12.2 Å². The standard InChI is InChI=1S/C5H8O2S2/c6-5-4(7-5)3-1-2-8-9-3/h3-6H,1-2H2. The van der Waals surface area contributed by atoms with Gasteiger partial charge in [0.2, 0.25) is 0 Å². The second-order valence-corrected chi connectivity index (χ2v) is 4.96. The van der Waals surface area contributed by atoms with Gasteiger partial charge in [0, 0.05) is 11.0 Å². The average molecular weight is 164 g/mol. The summed E-state index contributed by atoms with van der Waals surface area (Å²) < 4.78 is 4.92. The van der Waals surface area contributed by atoms with Crippen LogP contribution in [0.5, 0.6) is 0 Å². The first-order valence-electron chi connectivity index (χ1n) is 3.00. The van der Waals surface area contributed by atoms with E-state index in [4.69, 9.17) is 9.84 Å². The van der Waals surface area contributed by atoms with Crippen LogP contribution in [0.4, 0.5) is 0 Å². The lowest BCUT2D eigenvalue weighted by Crippen LogP contribution is -2.09. The van der Waals surface area contributed by atoms with Crippen molar-refractivity contribution >= 4 is 21.6 Å². The predicted molar refractivity (Wildman–Crippen MR) is 39.3 cm³/mol. The summed E-state index contributed by atoms with van der Waals surface area (Å²) in [5.74, 6) is 1.21. The zero-order valence-electron chi connectivity index (χ0n) is 4.82. The number of hydrogen-bond donors (Lipinski definition) is 1. The molecule has 0 aromatic carbocycles. The van der Waals surface area contributed by atoms with Crippen molar-refractivity contribution in [3.8, 4) is 0 Å². The molecule has 0 aromatic heterocycles. The Balaban J connectivity index is 1.85. The summed E-state index contributed by atoms with van der Waals surface area (Å²) in [7, 11) is 3.73. The molecule has 2 aliphatic heterocycles. The summed E-state index contributed by atoms with van der Waals surface area (Å²) >= 11 is 0. The first kappa shape index (κ1) is 6.34. The molecule has 2 rings (SSSR count). The number of ether oxygens (including phenoxy) is 1. The highest BCUT2D eigenvalue weighted by atomic mass is 33.1. The van der Waals surface area contributed by atoms with Gasteiger partial charge in [-0.15, -0.1) is 0 Å². The molecule has 0 radical (unpaired) electrons. The smallest absolute Gasteiger partial charge is 0.182 e. The minimum Gasteiger partial charge on any atom is -0.366 e. The van der Waals surface area contributed by atoms with Gasteiger partial charge in [0.25, 0.3) is 0 Å². The van der Waals surface area contributed by atoms with Crippen LogP contribution in [0, 0.1) is 0 Å². The van der Waals surface area contributed by atoms with Crippen LogP contribution in [0.2, 0.25) is 0 Å². The maximum absolute atomic E-state index is 8.84. The molecule has 0 amide bonds. The maximum atomic E-state index is 8.84. The van der Waals surface area contributed by atoms with Gasteiger partial charge in [-0.1, -0.05) is 21.6 Å². The van der Waals surface area contributed by atoms with Crippen molar-refractivity contribution in [3.05, 3.63) is 0 Å². The van der Waals surface area contributed by atoms with Gasteiger partial charge in [-0.05, 0) is 6.42 Å². The quantitative estimate of drug-likeness (QED) is 0.460. The van der Waals surface area contributed by atoms with Crippen LogP contribution in [-0.2, 0) is 4.74 Å². The normalized spacial score (nSPS) is 49.7. The Labute approximate surface area is 61.7 Å². The van der Waals surface area contributed by atoms with Gasteiger partial charge >= 0.3 is 0 Å². The monoisotopic (exact) mass is 164 g/mol. The average Bonchev–Trinajstić information content (AvgIpc) is 2.44. The first-order valence-corrected chi connectivity index (χ1v) is 5.38. The zero-order valence-corrected chi connectivity index (χ0v) is 6.45. The van der Waals surface area contributed by atoms with Gasteiger partial charge in [0.1, 0.15) is 6.10 Å². The van der Waals surface area contributed by atoms with Gasteiger partial charge in [-0.3, -0.25) is 0 Å². The van der Waals surface area contributed by atoms with E-state index in [0.717, 1.165) is 0 Å². The van der Waals surface area contributed by atoms with Crippen molar-refractivity contribution in [2.45, 2.75) is 24.1 Å². The maximum Gasteiger partial charge on any atom is 0.182 e. The number of epoxide rings is 1. The molecule has 0 spiro atoms. The second-order valence-electron chi connectivity index (χ2n) is 2.24. The molecule has 0 aromatic rings. The van der Waals surface area contributed by atoms with Crippen LogP contribution in [0.25, 0.3) is 0 Å². The molecule has 9 heavy (non-hydrogen) atoms. The summed E-state index contributed by atoms with van der Waals surface area (Å²) in [6.07, 6.45) is 0.906. The number of hydrogen-bond acceptors (Lipinski definition) is 4. The lowest BCUT2D eigenvalue weighted by molar-refractivity contribution is 0.156. The molecule has 2 aliphatic rings. The molecule has 2 saturated heterocycles. The fourth-order valence-electron chi connectivity index (χ4n) is 0.954. The fourth-order valence-corrected chi connectivity index (χ4v) is 3.97. The van der Waals surface area contributed by atoms with E-state index in [1.54, 1.807) is 0 Å². The number of aliphatic hydroxyl groups is 1. The Morgan fingerprint density at radius 3 is 2.78 bits per heavy atom. The topological polar surface area (TPSA) is 32.8 Å². The number of aliphatic hydroxyl groups excluding tert-OH is 1. The lowest BCUT2D eigenvalue weighted by atomic mass is 10.2. The highest BCUT2D eigenvalue weighted by Gasteiger charge is 2.45. The molecule has 52 valence electrons. The van der Waals surface area contributed by atoms with Crippen LogP contribution in [-0.4, -0.2) is 28.5 Å². The van der Waals surface area contributed by atoms with Gasteiger partial charge in [-0.25, -0.2) is 0 Å². The van der Waals surface area contributed by atoms with Crippen molar-refractivity contribution in [2.24, 2.45) is 0 Å². The van der Waals surface area contributed by atoms with Crippen molar-refractivity contribution in [1.82, 2.24) is 0 Å². The predicted octanol–water partition coefficient (Wildman–Crippen LogP) is 0.857. The van der Waals surface area contributed by atoms with Crippen LogP contribution < -0.4 is 0 Å². The third-order valence-electron chi connectivity index (χ3n) is 1.54. The molecule has 0 aliphatic carbocycles. The highest BCUT2D eigenvalue weighted by molar-refractivity contribution is 8.77. The molecule has 2 fully saturated rings. The van der Waals surface area contributed by atoms with Gasteiger partial charge in [0.15, 0.2) is 6.29 Å². The van der Waals surface area contributed by atoms with Crippen LogP contribution in [0.1, 0.15) is 6.42 Å². The van der Waals surface area contributed by atoms with Crippen LogP contribution in [0.15, 0.2) is 0 Å². The third kappa shape index (κ3) is 1.22. The van der Waals surface area contributed by atoms with Crippen molar-refractivity contribution < 1.29 is 9.84 Å². The molecule has 3 unspecified atom stereocenters. The Kier molecular flexibility index (Phi) is 1.65. The SMILES string of the molecule is OC1OC1C1CCSS1. The van der Waals surface area contributed by atoms with Gasteiger partial charge in [0.05, 0.1) is 0 Å². The molecule has 4 heteroatoms. The van der Waals surface area contributed by atoms with E-state index >= 15 is 0 Å². The van der Waals surface area contributed by atoms with E-state index in [0.29, 0.717) is 5.25 Å².